The van der Waals surface area contributed by atoms with E-state index in [0.29, 0.717) is 12.3 Å². The van der Waals surface area contributed by atoms with Crippen LogP contribution < -0.4 is 5.32 Å². The highest BCUT2D eigenvalue weighted by Gasteiger charge is 2.16. The van der Waals surface area contributed by atoms with Crippen LogP contribution in [-0.2, 0) is 17.6 Å². The summed E-state index contributed by atoms with van der Waals surface area (Å²) < 4.78 is 0. The lowest BCUT2D eigenvalue weighted by Gasteiger charge is -2.06. The number of carbonyl (C=O) groups excluding carboxylic acids is 1. The quantitative estimate of drug-likeness (QED) is 0.918. The Morgan fingerprint density at radius 3 is 2.76 bits per heavy atom. The Labute approximate surface area is 112 Å². The van der Waals surface area contributed by atoms with Crippen LogP contribution in [0.15, 0.2) is 0 Å². The number of hydrogen-bond acceptors (Lipinski definition) is 3. The Morgan fingerprint density at radius 2 is 2.12 bits per heavy atom. The molecule has 0 spiro atoms. The fraction of sp³-hybridized carbons (Fsp3) is 0.667. The van der Waals surface area contributed by atoms with E-state index in [4.69, 9.17) is 0 Å². The first-order valence-corrected chi connectivity index (χ1v) is 6.75. The first-order chi connectivity index (χ1) is 7.65. The molecule has 0 aromatic carbocycles. The predicted molar refractivity (Wildman–Crippen MR) is 74.1 cm³/mol. The summed E-state index contributed by atoms with van der Waals surface area (Å²) in [7, 11) is 0. The molecule has 1 aliphatic carbocycles. The lowest BCUT2D eigenvalue weighted by molar-refractivity contribution is -0.116. The van der Waals surface area contributed by atoms with Gasteiger partial charge < -0.3 is 5.32 Å². The number of fused-ring (bicyclic) bond motifs is 1. The first kappa shape index (κ1) is 14.5. The van der Waals surface area contributed by atoms with Gasteiger partial charge in [-0.05, 0) is 31.6 Å². The number of halogens is 1. The molecule has 1 aromatic rings. The summed E-state index contributed by atoms with van der Waals surface area (Å²) in [6.07, 6.45) is 5.27. The van der Waals surface area contributed by atoms with Crippen LogP contribution in [-0.4, -0.2) is 10.9 Å². The van der Waals surface area contributed by atoms with Gasteiger partial charge in [0.25, 0.3) is 0 Å². The van der Waals surface area contributed by atoms with E-state index >= 15 is 0 Å². The lowest BCUT2D eigenvalue weighted by Crippen LogP contribution is -2.13. The third-order valence-electron chi connectivity index (χ3n) is 2.69. The Morgan fingerprint density at radius 1 is 1.41 bits per heavy atom. The maximum Gasteiger partial charge on any atom is 0.226 e. The van der Waals surface area contributed by atoms with Crippen LogP contribution in [0, 0.1) is 5.92 Å². The van der Waals surface area contributed by atoms with Gasteiger partial charge in [-0.25, -0.2) is 4.98 Å². The number of aromatic nitrogens is 1. The maximum absolute atomic E-state index is 11.6. The van der Waals surface area contributed by atoms with Gasteiger partial charge in [-0.2, -0.15) is 0 Å². The largest absolute Gasteiger partial charge is 0.302 e. The molecular weight excluding hydrogens is 256 g/mol. The zero-order chi connectivity index (χ0) is 11.5. The van der Waals surface area contributed by atoms with E-state index < -0.39 is 0 Å². The first-order valence-electron chi connectivity index (χ1n) is 5.93. The Hall–Kier alpha value is -0.610. The van der Waals surface area contributed by atoms with Crippen molar-refractivity contribution in [1.82, 2.24) is 4.98 Å². The molecule has 0 atom stereocenters. The number of anilines is 1. The molecular formula is C12H19ClN2OS. The summed E-state index contributed by atoms with van der Waals surface area (Å²) in [6, 6.07) is 0. The zero-order valence-electron chi connectivity index (χ0n) is 10.3. The van der Waals surface area contributed by atoms with E-state index in [1.807, 2.05) is 13.8 Å². The molecule has 0 aliphatic heterocycles. The topological polar surface area (TPSA) is 42.0 Å². The van der Waals surface area contributed by atoms with Crippen molar-refractivity contribution in [2.75, 3.05) is 5.32 Å². The molecule has 0 radical (unpaired) electrons. The number of rotatable bonds is 3. The average molecular weight is 275 g/mol. The molecule has 1 aromatic heterocycles. The van der Waals surface area contributed by atoms with Crippen LogP contribution >= 0.6 is 23.7 Å². The van der Waals surface area contributed by atoms with Crippen molar-refractivity contribution in [3.05, 3.63) is 10.6 Å². The highest BCUT2D eigenvalue weighted by Crippen LogP contribution is 2.29. The minimum Gasteiger partial charge on any atom is -0.302 e. The van der Waals surface area contributed by atoms with Gasteiger partial charge in [-0.1, -0.05) is 13.8 Å². The molecule has 0 saturated heterocycles. The van der Waals surface area contributed by atoms with Gasteiger partial charge in [0.2, 0.25) is 5.91 Å². The molecule has 1 amide bonds. The maximum atomic E-state index is 11.6. The molecule has 1 heterocycles. The van der Waals surface area contributed by atoms with E-state index in [2.05, 4.69) is 10.3 Å². The number of thiazole rings is 1. The van der Waals surface area contributed by atoms with Crippen molar-refractivity contribution in [2.24, 2.45) is 5.92 Å². The summed E-state index contributed by atoms with van der Waals surface area (Å²) in [6.45, 7) is 4.10. The standard InChI is InChI=1S/C12H18N2OS.ClH/c1-8(2)7-11(15)14-12-13-9-5-3-4-6-10(9)16-12;/h8H,3-7H2,1-2H3,(H,13,14,15);1H. The minimum atomic E-state index is 0. The third-order valence-corrected chi connectivity index (χ3v) is 3.76. The molecule has 96 valence electrons. The molecule has 3 nitrogen and oxygen atoms in total. The van der Waals surface area contributed by atoms with Gasteiger partial charge in [-0.15, -0.1) is 23.7 Å². The van der Waals surface area contributed by atoms with Crippen LogP contribution in [0.5, 0.6) is 0 Å². The minimum absolute atomic E-state index is 0. The van der Waals surface area contributed by atoms with Gasteiger partial charge in [0.1, 0.15) is 0 Å². The molecule has 0 bridgehead atoms. The fourth-order valence-corrected chi connectivity index (χ4v) is 3.01. The van der Waals surface area contributed by atoms with Crippen molar-refractivity contribution >= 4 is 34.8 Å². The van der Waals surface area contributed by atoms with Crippen molar-refractivity contribution in [2.45, 2.75) is 46.0 Å². The molecule has 1 N–H and O–H groups in total. The third kappa shape index (κ3) is 3.96. The highest BCUT2D eigenvalue weighted by atomic mass is 35.5. The predicted octanol–water partition coefficient (Wildman–Crippen LogP) is 3.43. The molecule has 0 fully saturated rings. The number of hydrogen-bond donors (Lipinski definition) is 1. The number of nitrogens with one attached hydrogen (secondary N) is 1. The Bertz CT molecular complexity index is 366. The van der Waals surface area contributed by atoms with Gasteiger partial charge in [-0.3, -0.25) is 4.79 Å². The monoisotopic (exact) mass is 274 g/mol. The lowest BCUT2D eigenvalue weighted by atomic mass is 10.0. The van der Waals surface area contributed by atoms with Crippen molar-refractivity contribution < 1.29 is 4.79 Å². The summed E-state index contributed by atoms with van der Waals surface area (Å²) in [5.41, 5.74) is 1.20. The van der Waals surface area contributed by atoms with E-state index in [-0.39, 0.29) is 18.3 Å². The molecule has 1 aliphatic rings. The van der Waals surface area contributed by atoms with Crippen LogP contribution in [0.25, 0.3) is 0 Å². The average Bonchev–Trinajstić information content (AvgIpc) is 2.57. The van der Waals surface area contributed by atoms with E-state index in [1.54, 1.807) is 11.3 Å². The SMILES string of the molecule is CC(C)CC(=O)Nc1nc2c(s1)CCCC2.Cl. The van der Waals surface area contributed by atoms with Crippen molar-refractivity contribution in [1.29, 1.82) is 0 Å². The highest BCUT2D eigenvalue weighted by molar-refractivity contribution is 7.15. The van der Waals surface area contributed by atoms with Crippen LogP contribution in [0.4, 0.5) is 5.13 Å². The normalized spacial score (nSPS) is 14.1. The summed E-state index contributed by atoms with van der Waals surface area (Å²) >= 11 is 1.65. The van der Waals surface area contributed by atoms with Crippen LogP contribution in [0.2, 0.25) is 0 Å². The second kappa shape index (κ2) is 6.36. The zero-order valence-corrected chi connectivity index (χ0v) is 11.9. The van der Waals surface area contributed by atoms with Crippen molar-refractivity contribution in [3.8, 4) is 0 Å². The van der Waals surface area contributed by atoms with E-state index in [0.717, 1.165) is 18.0 Å². The second-order valence-electron chi connectivity index (χ2n) is 4.74. The summed E-state index contributed by atoms with van der Waals surface area (Å²) in [5, 5.41) is 3.69. The number of aryl methyl sites for hydroxylation is 2. The Balaban J connectivity index is 0.00000144. The van der Waals surface area contributed by atoms with Crippen LogP contribution in [0.3, 0.4) is 0 Å². The van der Waals surface area contributed by atoms with Crippen molar-refractivity contribution in [3.63, 3.8) is 0 Å². The second-order valence-corrected chi connectivity index (χ2v) is 5.83. The van der Waals surface area contributed by atoms with Crippen LogP contribution in [0.1, 0.15) is 43.7 Å². The molecule has 2 rings (SSSR count). The number of amides is 1. The van der Waals surface area contributed by atoms with Gasteiger partial charge in [0, 0.05) is 11.3 Å². The van der Waals surface area contributed by atoms with Gasteiger partial charge in [0.15, 0.2) is 5.13 Å². The Kier molecular flexibility index (Phi) is 5.40. The summed E-state index contributed by atoms with van der Waals surface area (Å²) in [5.74, 6) is 0.482. The number of carbonyl (C=O) groups is 1. The van der Waals surface area contributed by atoms with Gasteiger partial charge >= 0.3 is 0 Å². The molecule has 17 heavy (non-hydrogen) atoms. The molecule has 0 unspecified atom stereocenters. The number of nitrogens with zero attached hydrogens (tertiary/aromatic N) is 1. The van der Waals surface area contributed by atoms with Gasteiger partial charge in [0.05, 0.1) is 5.69 Å². The fourth-order valence-electron chi connectivity index (χ4n) is 1.95. The smallest absolute Gasteiger partial charge is 0.226 e. The molecule has 0 saturated carbocycles. The molecule has 5 heteroatoms. The van der Waals surface area contributed by atoms with E-state index in [1.165, 1.54) is 23.4 Å². The van der Waals surface area contributed by atoms with E-state index in [9.17, 15) is 4.79 Å². The summed E-state index contributed by atoms with van der Waals surface area (Å²) in [4.78, 5) is 17.4.